The van der Waals surface area contributed by atoms with E-state index in [4.69, 9.17) is 5.73 Å². The summed E-state index contributed by atoms with van der Waals surface area (Å²) >= 11 is 5.27. The predicted octanol–water partition coefficient (Wildman–Crippen LogP) is 3.63. The van der Waals surface area contributed by atoms with Gasteiger partial charge in [0.25, 0.3) is 0 Å². The van der Waals surface area contributed by atoms with E-state index in [0.717, 1.165) is 12.8 Å². The van der Waals surface area contributed by atoms with Crippen molar-refractivity contribution in [2.75, 3.05) is 0 Å². The van der Waals surface area contributed by atoms with Gasteiger partial charge in [-0.3, -0.25) is 0 Å². The third-order valence-corrected chi connectivity index (χ3v) is 4.65. The fourth-order valence-electron chi connectivity index (χ4n) is 2.01. The quantitative estimate of drug-likeness (QED) is 0.819. The highest BCUT2D eigenvalue weighted by Gasteiger charge is 2.30. The van der Waals surface area contributed by atoms with E-state index in [9.17, 15) is 0 Å². The molecule has 1 aromatic heterocycles. The van der Waals surface area contributed by atoms with Crippen LogP contribution in [0.15, 0.2) is 15.9 Å². The minimum absolute atomic E-state index is 0.0189. The molecule has 0 radical (unpaired) electrons. The zero-order valence-corrected chi connectivity index (χ0v) is 9.96. The van der Waals surface area contributed by atoms with E-state index in [1.807, 2.05) is 0 Å². The zero-order valence-electron chi connectivity index (χ0n) is 7.55. The highest BCUT2D eigenvalue weighted by molar-refractivity contribution is 9.11. The summed E-state index contributed by atoms with van der Waals surface area (Å²) in [6.07, 6.45) is 6.23. The molecule has 1 aliphatic carbocycles. The van der Waals surface area contributed by atoms with E-state index in [2.05, 4.69) is 28.1 Å². The van der Waals surface area contributed by atoms with Gasteiger partial charge in [-0.15, -0.1) is 11.3 Å². The van der Waals surface area contributed by atoms with Crippen LogP contribution in [0, 0.1) is 0 Å². The maximum Gasteiger partial charge on any atom is 0.0702 e. The maximum atomic E-state index is 6.38. The van der Waals surface area contributed by atoms with Crippen molar-refractivity contribution in [3.8, 4) is 0 Å². The van der Waals surface area contributed by atoms with Crippen molar-refractivity contribution in [2.24, 2.45) is 5.73 Å². The molecule has 0 amide bonds. The van der Waals surface area contributed by atoms with Crippen LogP contribution in [0.25, 0.3) is 0 Å². The topological polar surface area (TPSA) is 26.0 Å². The molecule has 0 aliphatic heterocycles. The number of nitrogens with two attached hydrogens (primary N) is 1. The van der Waals surface area contributed by atoms with Crippen LogP contribution < -0.4 is 5.73 Å². The third kappa shape index (κ3) is 1.97. The van der Waals surface area contributed by atoms with Crippen LogP contribution in [0.5, 0.6) is 0 Å². The van der Waals surface area contributed by atoms with Crippen LogP contribution in [0.2, 0.25) is 0 Å². The number of hydrogen-bond donors (Lipinski definition) is 1. The lowest BCUT2D eigenvalue weighted by atomic mass is 9.81. The minimum atomic E-state index is -0.0189. The Bertz CT molecular complexity index is 289. The molecular weight excluding hydrogens is 246 g/mol. The highest BCUT2D eigenvalue weighted by Crippen LogP contribution is 2.39. The van der Waals surface area contributed by atoms with Crippen molar-refractivity contribution in [3.05, 3.63) is 20.8 Å². The fourth-order valence-corrected chi connectivity index (χ4v) is 3.56. The summed E-state index contributed by atoms with van der Waals surface area (Å²) in [5.41, 5.74) is 6.36. The smallest absolute Gasteiger partial charge is 0.0702 e. The van der Waals surface area contributed by atoms with Crippen LogP contribution in [-0.4, -0.2) is 0 Å². The second-order valence-corrected chi connectivity index (χ2v) is 6.28. The van der Waals surface area contributed by atoms with Crippen molar-refractivity contribution in [1.29, 1.82) is 0 Å². The van der Waals surface area contributed by atoms with Gasteiger partial charge in [-0.1, -0.05) is 19.3 Å². The van der Waals surface area contributed by atoms with Gasteiger partial charge in [-0.05, 0) is 40.9 Å². The Hall–Kier alpha value is 0.140. The number of thiophene rings is 1. The molecule has 1 heterocycles. The molecular formula is C10H14BrNS. The summed E-state index contributed by atoms with van der Waals surface area (Å²) in [7, 11) is 0. The summed E-state index contributed by atoms with van der Waals surface area (Å²) in [6.45, 7) is 0. The standard InChI is InChI=1S/C10H14BrNS/c11-9-5-4-8(13-9)10(12)6-2-1-3-7-10/h4-5H,1-3,6-7,12H2. The summed E-state index contributed by atoms with van der Waals surface area (Å²) in [5.74, 6) is 0. The Balaban J connectivity index is 2.22. The molecule has 1 nitrogen and oxygen atoms in total. The number of hydrogen-bond acceptors (Lipinski definition) is 2. The van der Waals surface area contributed by atoms with Crippen molar-refractivity contribution < 1.29 is 0 Å². The molecule has 72 valence electrons. The minimum Gasteiger partial charge on any atom is -0.321 e. The molecule has 13 heavy (non-hydrogen) atoms. The van der Waals surface area contributed by atoms with Gasteiger partial charge in [0.05, 0.1) is 9.33 Å². The van der Waals surface area contributed by atoms with E-state index in [1.54, 1.807) is 11.3 Å². The van der Waals surface area contributed by atoms with E-state index in [0.29, 0.717) is 0 Å². The van der Waals surface area contributed by atoms with Crippen molar-refractivity contribution in [1.82, 2.24) is 0 Å². The second kappa shape index (κ2) is 3.71. The molecule has 1 fully saturated rings. The summed E-state index contributed by atoms with van der Waals surface area (Å²) < 4.78 is 1.19. The van der Waals surface area contributed by atoms with Gasteiger partial charge in [0.1, 0.15) is 0 Å². The molecule has 2 N–H and O–H groups in total. The van der Waals surface area contributed by atoms with E-state index in [1.165, 1.54) is 27.9 Å². The van der Waals surface area contributed by atoms with Gasteiger partial charge in [-0.25, -0.2) is 0 Å². The second-order valence-electron chi connectivity index (χ2n) is 3.82. The van der Waals surface area contributed by atoms with Crippen LogP contribution >= 0.6 is 27.3 Å². The Morgan fingerprint density at radius 2 is 1.92 bits per heavy atom. The van der Waals surface area contributed by atoms with Gasteiger partial charge in [0, 0.05) is 4.88 Å². The molecule has 1 aromatic rings. The number of rotatable bonds is 1. The van der Waals surface area contributed by atoms with E-state index in [-0.39, 0.29) is 5.54 Å². The first-order valence-corrected chi connectivity index (χ1v) is 6.36. The monoisotopic (exact) mass is 259 g/mol. The predicted molar refractivity (Wildman–Crippen MR) is 61.0 cm³/mol. The summed E-state index contributed by atoms with van der Waals surface area (Å²) in [6, 6.07) is 4.27. The average molecular weight is 260 g/mol. The summed E-state index contributed by atoms with van der Waals surface area (Å²) in [5, 5.41) is 0. The molecule has 0 saturated heterocycles. The fraction of sp³-hybridized carbons (Fsp3) is 0.600. The van der Waals surface area contributed by atoms with Gasteiger partial charge >= 0.3 is 0 Å². The Kier molecular flexibility index (Phi) is 2.77. The zero-order chi connectivity index (χ0) is 9.31. The first-order chi connectivity index (χ1) is 6.21. The molecule has 0 aromatic carbocycles. The molecule has 0 bridgehead atoms. The van der Waals surface area contributed by atoms with Crippen molar-refractivity contribution in [2.45, 2.75) is 37.6 Å². The highest BCUT2D eigenvalue weighted by atomic mass is 79.9. The first-order valence-electron chi connectivity index (χ1n) is 4.75. The largest absolute Gasteiger partial charge is 0.321 e. The lowest BCUT2D eigenvalue weighted by Crippen LogP contribution is -2.37. The molecule has 2 rings (SSSR count). The van der Waals surface area contributed by atoms with Crippen molar-refractivity contribution >= 4 is 27.3 Å². The molecule has 3 heteroatoms. The van der Waals surface area contributed by atoms with Crippen LogP contribution in [0.3, 0.4) is 0 Å². The number of halogens is 1. The van der Waals surface area contributed by atoms with Gasteiger partial charge < -0.3 is 5.73 Å². The molecule has 1 aliphatic rings. The van der Waals surface area contributed by atoms with Crippen molar-refractivity contribution in [3.63, 3.8) is 0 Å². The molecule has 0 spiro atoms. The summed E-state index contributed by atoms with van der Waals surface area (Å²) in [4.78, 5) is 1.35. The Labute approximate surface area is 91.5 Å². The Morgan fingerprint density at radius 3 is 2.46 bits per heavy atom. The molecule has 0 unspecified atom stereocenters. The van der Waals surface area contributed by atoms with E-state index >= 15 is 0 Å². The molecule has 1 saturated carbocycles. The van der Waals surface area contributed by atoms with Gasteiger partial charge in [-0.2, -0.15) is 0 Å². The van der Waals surface area contributed by atoms with Gasteiger partial charge in [0.15, 0.2) is 0 Å². The average Bonchev–Trinajstić information content (AvgIpc) is 2.54. The molecule has 0 atom stereocenters. The lowest BCUT2D eigenvalue weighted by molar-refractivity contribution is 0.308. The van der Waals surface area contributed by atoms with Gasteiger partial charge in [0.2, 0.25) is 0 Å². The lowest BCUT2D eigenvalue weighted by Gasteiger charge is -2.32. The van der Waals surface area contributed by atoms with E-state index < -0.39 is 0 Å². The van der Waals surface area contributed by atoms with Crippen LogP contribution in [-0.2, 0) is 5.54 Å². The van der Waals surface area contributed by atoms with Crippen LogP contribution in [0.4, 0.5) is 0 Å². The van der Waals surface area contributed by atoms with Crippen LogP contribution in [0.1, 0.15) is 37.0 Å². The SMILES string of the molecule is NC1(c2ccc(Br)s2)CCCCC1. The normalized spacial score (nSPS) is 21.7. The first kappa shape index (κ1) is 9.69. The maximum absolute atomic E-state index is 6.38. The Morgan fingerprint density at radius 1 is 1.23 bits per heavy atom. The third-order valence-electron chi connectivity index (χ3n) is 2.81.